The Labute approximate surface area is 361 Å². The summed E-state index contributed by atoms with van der Waals surface area (Å²) in [6, 6.07) is 30.7. The minimum absolute atomic E-state index is 0.460. The maximum Gasteiger partial charge on any atom is 0.181 e. The van der Waals surface area contributed by atoms with Crippen LogP contribution in [0.4, 0.5) is 0 Å². The molecule has 2 aliphatic rings. The molecule has 13 rings (SSSR count). The fourth-order valence-corrected chi connectivity index (χ4v) is 9.94. The van der Waals surface area contributed by atoms with Gasteiger partial charge in [-0.25, -0.2) is 29.9 Å². The number of fused-ring (bicyclic) bond motifs is 6. The van der Waals surface area contributed by atoms with Crippen molar-refractivity contribution in [3.8, 4) is 56.0 Å². The van der Waals surface area contributed by atoms with Crippen molar-refractivity contribution in [3.63, 3.8) is 0 Å². The number of hydrogen-bond donors (Lipinski definition) is 2. The van der Waals surface area contributed by atoms with Gasteiger partial charge in [-0.15, -0.1) is 21.5 Å². The van der Waals surface area contributed by atoms with E-state index in [4.69, 9.17) is 40.1 Å². The zero-order valence-electron chi connectivity index (χ0n) is 33.1. The number of allylic oxidation sites excluding steroid dienone is 5. The minimum atomic E-state index is 0.460. The van der Waals surface area contributed by atoms with E-state index in [0.29, 0.717) is 52.0 Å². The molecule has 9 heterocycles. The molecule has 0 saturated heterocycles. The number of thiazole rings is 1. The Morgan fingerprint density at radius 1 is 0.635 bits per heavy atom. The summed E-state index contributed by atoms with van der Waals surface area (Å²) in [5, 5.41) is 15.0. The Balaban J connectivity index is 1.32. The molecule has 2 N–H and O–H groups in total. The number of imidazole rings is 2. The number of aromatic amines is 2. The lowest BCUT2D eigenvalue weighted by Crippen LogP contribution is -2.21. The molecule has 7 aromatic heterocycles. The summed E-state index contributed by atoms with van der Waals surface area (Å²) in [4.78, 5) is 44.7. The number of para-hydroxylation sites is 2. The highest BCUT2D eigenvalue weighted by molar-refractivity contribution is 7.21. The third kappa shape index (κ3) is 5.57. The van der Waals surface area contributed by atoms with Crippen LogP contribution >= 0.6 is 11.3 Å². The second-order valence-electron chi connectivity index (χ2n) is 15.2. The second-order valence-corrected chi connectivity index (χ2v) is 16.3. The van der Waals surface area contributed by atoms with Crippen molar-refractivity contribution in [2.75, 3.05) is 6.54 Å². The number of benzene rings is 4. The highest BCUT2D eigenvalue weighted by Crippen LogP contribution is 2.53. The van der Waals surface area contributed by atoms with E-state index in [1.807, 2.05) is 67.0 Å². The molecule has 0 amide bonds. The van der Waals surface area contributed by atoms with Crippen molar-refractivity contribution in [3.05, 3.63) is 170 Å². The van der Waals surface area contributed by atoms with Crippen LogP contribution in [0.15, 0.2) is 164 Å². The molecule has 296 valence electrons. The van der Waals surface area contributed by atoms with Crippen LogP contribution in [-0.2, 0) is 0 Å². The topological polar surface area (TPSA) is 151 Å². The fraction of sp³-hybridized carbons (Fsp3) is 0.0200. The number of nitrogens with zero attached hydrogens (tertiary/aromatic N) is 10. The third-order valence-electron chi connectivity index (χ3n) is 11.7. The average Bonchev–Trinajstić information content (AvgIpc) is 4.15. The monoisotopic (exact) mass is 830 g/mol. The van der Waals surface area contributed by atoms with Crippen molar-refractivity contribution >= 4 is 70.9 Å². The summed E-state index contributed by atoms with van der Waals surface area (Å²) < 4.78 is 1.03. The van der Waals surface area contributed by atoms with Gasteiger partial charge in [0, 0.05) is 81.0 Å². The van der Waals surface area contributed by atoms with Crippen LogP contribution in [0.3, 0.4) is 0 Å². The lowest BCUT2D eigenvalue weighted by Gasteiger charge is -2.30. The molecule has 4 aromatic carbocycles. The first-order chi connectivity index (χ1) is 31.2. The molecule has 0 fully saturated rings. The number of nitrogens with one attached hydrogen (secondary N) is 2. The number of pyridine rings is 2. The predicted molar refractivity (Wildman–Crippen MR) is 249 cm³/mol. The lowest BCUT2D eigenvalue weighted by molar-refractivity contribution is 0.527. The Bertz CT molecular complexity index is 3760. The highest BCUT2D eigenvalue weighted by atomic mass is 32.1. The Hall–Kier alpha value is -8.55. The van der Waals surface area contributed by atoms with Gasteiger partial charge in [-0.05, 0) is 47.9 Å². The number of aromatic nitrogens is 11. The second kappa shape index (κ2) is 14.0. The SMILES string of the molecule is C1=CC2=C(c3c(-c4ncc5[nH]cnc5n4)c(-c4nc5ccccc5s4)c(-c4ncc[nH]4)c4nnc(-c5nccc6ccccc56)c(-c5ccc6ccccc6n5)c34)C=CCN2C=C1. The van der Waals surface area contributed by atoms with Gasteiger partial charge in [-0.1, -0.05) is 78.9 Å². The van der Waals surface area contributed by atoms with Gasteiger partial charge in [0.1, 0.15) is 27.6 Å². The summed E-state index contributed by atoms with van der Waals surface area (Å²) in [7, 11) is 0. The quantitative estimate of drug-likeness (QED) is 0.166. The van der Waals surface area contributed by atoms with Crippen LogP contribution in [0.2, 0.25) is 0 Å². The van der Waals surface area contributed by atoms with Crippen molar-refractivity contribution < 1.29 is 0 Å². The van der Waals surface area contributed by atoms with Gasteiger partial charge in [-0.2, -0.15) is 0 Å². The summed E-state index contributed by atoms with van der Waals surface area (Å²) in [6.07, 6.45) is 21.6. The summed E-state index contributed by atoms with van der Waals surface area (Å²) >= 11 is 1.60. The molecule has 63 heavy (non-hydrogen) atoms. The van der Waals surface area contributed by atoms with Crippen LogP contribution in [0.25, 0.3) is 116 Å². The van der Waals surface area contributed by atoms with Gasteiger partial charge >= 0.3 is 0 Å². The predicted octanol–water partition coefficient (Wildman–Crippen LogP) is 10.7. The van der Waals surface area contributed by atoms with Gasteiger partial charge in [0.05, 0.1) is 45.2 Å². The molecule has 0 saturated carbocycles. The van der Waals surface area contributed by atoms with E-state index in [1.54, 1.807) is 30.1 Å². The van der Waals surface area contributed by atoms with E-state index in [2.05, 4.69) is 92.8 Å². The zero-order chi connectivity index (χ0) is 41.4. The minimum Gasteiger partial charge on any atom is -0.345 e. The van der Waals surface area contributed by atoms with E-state index >= 15 is 0 Å². The zero-order valence-corrected chi connectivity index (χ0v) is 33.9. The first-order valence-electron chi connectivity index (χ1n) is 20.4. The molecular formula is C50H30N12S. The molecule has 0 spiro atoms. The first kappa shape index (κ1) is 35.2. The van der Waals surface area contributed by atoms with Crippen molar-refractivity contribution in [1.29, 1.82) is 0 Å². The maximum absolute atomic E-state index is 5.42. The van der Waals surface area contributed by atoms with E-state index in [-0.39, 0.29) is 0 Å². The highest BCUT2D eigenvalue weighted by Gasteiger charge is 2.35. The third-order valence-corrected chi connectivity index (χ3v) is 12.7. The van der Waals surface area contributed by atoms with Crippen LogP contribution < -0.4 is 0 Å². The Kier molecular flexibility index (Phi) is 7.83. The smallest absolute Gasteiger partial charge is 0.181 e. The molecule has 13 heteroatoms. The largest absolute Gasteiger partial charge is 0.345 e. The van der Waals surface area contributed by atoms with Gasteiger partial charge in [0.25, 0.3) is 0 Å². The molecule has 11 aromatic rings. The van der Waals surface area contributed by atoms with Crippen LogP contribution in [0, 0.1) is 0 Å². The summed E-state index contributed by atoms with van der Waals surface area (Å²) in [6.45, 7) is 0.696. The van der Waals surface area contributed by atoms with E-state index in [9.17, 15) is 0 Å². The van der Waals surface area contributed by atoms with E-state index in [1.165, 1.54) is 0 Å². The van der Waals surface area contributed by atoms with Gasteiger partial charge in [-0.3, -0.25) is 4.98 Å². The van der Waals surface area contributed by atoms with Crippen molar-refractivity contribution in [2.24, 2.45) is 0 Å². The normalized spacial score (nSPS) is 13.7. The van der Waals surface area contributed by atoms with Gasteiger partial charge in [0.15, 0.2) is 11.5 Å². The van der Waals surface area contributed by atoms with Crippen LogP contribution in [0.5, 0.6) is 0 Å². The molecule has 12 nitrogen and oxygen atoms in total. The molecule has 2 aliphatic heterocycles. The number of hydrogen-bond acceptors (Lipinski definition) is 11. The average molecular weight is 831 g/mol. The molecule has 0 radical (unpaired) electrons. The Morgan fingerprint density at radius 3 is 2.44 bits per heavy atom. The molecule has 0 unspecified atom stereocenters. The summed E-state index contributed by atoms with van der Waals surface area (Å²) in [5.41, 5.74) is 11.3. The first-order valence-corrected chi connectivity index (χ1v) is 21.2. The fourth-order valence-electron chi connectivity index (χ4n) is 8.91. The summed E-state index contributed by atoms with van der Waals surface area (Å²) in [5.74, 6) is 1.05. The van der Waals surface area contributed by atoms with Crippen molar-refractivity contribution in [1.82, 2.24) is 60.0 Å². The molecule has 0 bridgehead atoms. The maximum atomic E-state index is 5.42. The van der Waals surface area contributed by atoms with Gasteiger partial charge in [0.2, 0.25) is 0 Å². The molecule has 0 aliphatic carbocycles. The lowest BCUT2D eigenvalue weighted by atomic mass is 9.82. The van der Waals surface area contributed by atoms with E-state index < -0.39 is 0 Å². The van der Waals surface area contributed by atoms with Gasteiger partial charge < -0.3 is 14.9 Å². The van der Waals surface area contributed by atoms with Crippen LogP contribution in [-0.4, -0.2) is 66.5 Å². The van der Waals surface area contributed by atoms with Crippen LogP contribution in [0.1, 0.15) is 5.56 Å². The number of rotatable bonds is 6. The molecular weight excluding hydrogens is 801 g/mol. The standard InChI is InChI=1S/C50H30N12S/c1-3-12-30-28(10-1)20-21-51-44(30)46-39(34-19-18-29-11-2-4-14-32(29)57-34)40-38(31-13-9-25-62-24-8-7-16-36(31)62)41(49-54-26-35-47(59-49)56-27-55-35)42(50-58-33-15-5-6-17-37(33)63-50)43(45(40)60-61-46)48-52-22-23-53-48/h1-24,26-27H,25H2,(H,52,53)(H,54,55,56,59). The molecule has 0 atom stereocenters. The Morgan fingerprint density at radius 2 is 1.52 bits per heavy atom. The van der Waals surface area contributed by atoms with Crippen molar-refractivity contribution in [2.45, 2.75) is 0 Å². The van der Waals surface area contributed by atoms with E-state index in [0.717, 1.165) is 81.3 Å². The number of H-pyrrole nitrogens is 2.